The third-order valence-corrected chi connectivity index (χ3v) is 5.85. The van der Waals surface area contributed by atoms with Gasteiger partial charge in [0, 0.05) is 19.5 Å². The minimum atomic E-state index is -0.0921. The van der Waals surface area contributed by atoms with Crippen LogP contribution in [0.2, 0.25) is 0 Å². The molecule has 1 atom stereocenters. The second kappa shape index (κ2) is 6.95. The molecule has 0 unspecified atom stereocenters. The molecule has 1 aliphatic carbocycles. The van der Waals surface area contributed by atoms with Crippen LogP contribution >= 0.6 is 15.9 Å². The Morgan fingerprint density at radius 3 is 2.92 bits per heavy atom. The number of rotatable bonds is 5. The molecule has 1 saturated carbocycles. The van der Waals surface area contributed by atoms with Crippen molar-refractivity contribution in [2.45, 2.75) is 31.8 Å². The number of ether oxygens (including phenoxy) is 1. The highest BCUT2D eigenvalue weighted by molar-refractivity contribution is 9.10. The van der Waals surface area contributed by atoms with Crippen LogP contribution in [0, 0.1) is 0 Å². The maximum atomic E-state index is 12.8. The van der Waals surface area contributed by atoms with Gasteiger partial charge in [-0.05, 0) is 47.8 Å². The number of benzene rings is 1. The number of halogens is 1. The SMILES string of the molecule is CCN1C[C@H](CN(C)C(=O)c2n[nH]c(C3CC3)c2Br)Oc2ccccc21. The number of carbonyl (C=O) groups is 1. The standard InChI is InChI=1S/C19H23BrN4O2/c1-3-24-11-13(26-15-7-5-4-6-14(15)24)10-23(2)19(25)18-16(20)17(21-22-18)12-8-9-12/h4-7,12-13H,3,8-11H2,1-2H3,(H,21,22)/t13-/m0/s1. The van der Waals surface area contributed by atoms with Crippen molar-refractivity contribution in [1.82, 2.24) is 15.1 Å². The van der Waals surface area contributed by atoms with E-state index >= 15 is 0 Å². The number of anilines is 1. The van der Waals surface area contributed by atoms with Crippen molar-refractivity contribution in [1.29, 1.82) is 0 Å². The van der Waals surface area contributed by atoms with Crippen LogP contribution in [0.25, 0.3) is 0 Å². The van der Waals surface area contributed by atoms with Gasteiger partial charge in [0.2, 0.25) is 0 Å². The molecule has 1 N–H and O–H groups in total. The Labute approximate surface area is 161 Å². The number of amides is 1. The van der Waals surface area contributed by atoms with E-state index in [0.717, 1.165) is 47.5 Å². The molecular weight excluding hydrogens is 396 g/mol. The lowest BCUT2D eigenvalue weighted by Gasteiger charge is -2.37. The van der Waals surface area contributed by atoms with Gasteiger partial charge in [0.25, 0.3) is 5.91 Å². The molecule has 26 heavy (non-hydrogen) atoms. The first-order chi connectivity index (χ1) is 12.6. The monoisotopic (exact) mass is 418 g/mol. The Morgan fingerprint density at radius 2 is 2.19 bits per heavy atom. The third-order valence-electron chi connectivity index (χ3n) is 5.05. The van der Waals surface area contributed by atoms with E-state index in [-0.39, 0.29) is 12.0 Å². The molecule has 1 aromatic carbocycles. The van der Waals surface area contributed by atoms with Gasteiger partial charge in [0.15, 0.2) is 5.69 Å². The summed E-state index contributed by atoms with van der Waals surface area (Å²) in [6, 6.07) is 8.06. The normalized spacial score (nSPS) is 19.0. The topological polar surface area (TPSA) is 61.5 Å². The van der Waals surface area contributed by atoms with E-state index in [2.05, 4.69) is 44.0 Å². The number of aromatic nitrogens is 2. The predicted octanol–water partition coefficient (Wildman–Crippen LogP) is 3.41. The largest absolute Gasteiger partial charge is 0.485 e. The number of H-pyrrole nitrogens is 1. The highest BCUT2D eigenvalue weighted by atomic mass is 79.9. The lowest BCUT2D eigenvalue weighted by molar-refractivity contribution is 0.0703. The zero-order valence-corrected chi connectivity index (χ0v) is 16.6. The van der Waals surface area contributed by atoms with Crippen molar-refractivity contribution in [3.8, 4) is 5.75 Å². The van der Waals surface area contributed by atoms with Crippen molar-refractivity contribution in [3.63, 3.8) is 0 Å². The average molecular weight is 419 g/mol. The lowest BCUT2D eigenvalue weighted by Crippen LogP contribution is -2.46. The Balaban J connectivity index is 1.46. The quantitative estimate of drug-likeness (QED) is 0.807. The van der Waals surface area contributed by atoms with Crippen molar-refractivity contribution in [2.24, 2.45) is 0 Å². The van der Waals surface area contributed by atoms with Crippen LogP contribution < -0.4 is 9.64 Å². The fraction of sp³-hybridized carbons (Fsp3) is 0.474. The van der Waals surface area contributed by atoms with Gasteiger partial charge in [-0.25, -0.2) is 0 Å². The van der Waals surface area contributed by atoms with Gasteiger partial charge in [-0.2, -0.15) is 5.10 Å². The number of carbonyl (C=O) groups excluding carboxylic acids is 1. The van der Waals surface area contributed by atoms with Gasteiger partial charge in [-0.1, -0.05) is 12.1 Å². The van der Waals surface area contributed by atoms with Crippen LogP contribution in [-0.4, -0.2) is 53.8 Å². The molecule has 7 heteroatoms. The molecule has 0 saturated heterocycles. The van der Waals surface area contributed by atoms with Gasteiger partial charge >= 0.3 is 0 Å². The highest BCUT2D eigenvalue weighted by Gasteiger charge is 2.32. The number of nitrogens with zero attached hydrogens (tertiary/aromatic N) is 3. The Morgan fingerprint density at radius 1 is 1.42 bits per heavy atom. The van der Waals surface area contributed by atoms with Crippen molar-refractivity contribution < 1.29 is 9.53 Å². The molecule has 138 valence electrons. The molecule has 4 rings (SSSR count). The molecular formula is C19H23BrN4O2. The van der Waals surface area contributed by atoms with E-state index in [4.69, 9.17) is 4.74 Å². The zero-order chi connectivity index (χ0) is 18.3. The first-order valence-corrected chi connectivity index (χ1v) is 9.87. The summed E-state index contributed by atoms with van der Waals surface area (Å²) in [7, 11) is 1.81. The van der Waals surface area contributed by atoms with E-state index in [9.17, 15) is 4.79 Å². The van der Waals surface area contributed by atoms with Gasteiger partial charge in [-0.15, -0.1) is 0 Å². The first kappa shape index (κ1) is 17.4. The summed E-state index contributed by atoms with van der Waals surface area (Å²) in [5.41, 5.74) is 2.61. The van der Waals surface area contributed by atoms with Crippen LogP contribution in [0.15, 0.2) is 28.7 Å². The van der Waals surface area contributed by atoms with Crippen molar-refractivity contribution >= 4 is 27.5 Å². The predicted molar refractivity (Wildman–Crippen MR) is 104 cm³/mol. The molecule has 1 fully saturated rings. The third kappa shape index (κ3) is 3.20. The van der Waals surface area contributed by atoms with Gasteiger partial charge in [0.05, 0.1) is 28.9 Å². The molecule has 1 amide bonds. The number of aromatic amines is 1. The second-order valence-electron chi connectivity index (χ2n) is 7.01. The molecule has 1 aromatic heterocycles. The van der Waals surface area contributed by atoms with Gasteiger partial charge in [0.1, 0.15) is 11.9 Å². The summed E-state index contributed by atoms with van der Waals surface area (Å²) < 4.78 is 6.94. The molecule has 0 spiro atoms. The summed E-state index contributed by atoms with van der Waals surface area (Å²) >= 11 is 3.55. The maximum Gasteiger partial charge on any atom is 0.275 e. The van der Waals surface area contributed by atoms with Crippen molar-refractivity contribution in [2.75, 3.05) is 31.6 Å². The van der Waals surface area contributed by atoms with Crippen LogP contribution in [-0.2, 0) is 0 Å². The van der Waals surface area contributed by atoms with Crippen LogP contribution in [0.1, 0.15) is 41.9 Å². The van der Waals surface area contributed by atoms with Crippen LogP contribution in [0.4, 0.5) is 5.69 Å². The number of hydrogen-bond acceptors (Lipinski definition) is 4. The molecule has 0 radical (unpaired) electrons. The summed E-state index contributed by atoms with van der Waals surface area (Å²) in [5.74, 6) is 1.30. The smallest absolute Gasteiger partial charge is 0.275 e. The van der Waals surface area contributed by atoms with Crippen molar-refractivity contribution in [3.05, 3.63) is 40.1 Å². The number of para-hydroxylation sites is 2. The van der Waals surface area contributed by atoms with E-state index in [1.807, 2.05) is 18.2 Å². The minimum Gasteiger partial charge on any atom is -0.485 e. The Bertz CT molecular complexity index is 818. The molecule has 0 bridgehead atoms. The lowest BCUT2D eigenvalue weighted by atomic mass is 10.1. The second-order valence-corrected chi connectivity index (χ2v) is 7.80. The molecule has 2 aromatic rings. The number of fused-ring (bicyclic) bond motifs is 1. The molecule has 2 aliphatic rings. The van der Waals surface area contributed by atoms with E-state index in [0.29, 0.717) is 18.2 Å². The van der Waals surface area contributed by atoms with Crippen LogP contribution in [0.5, 0.6) is 5.75 Å². The number of hydrogen-bond donors (Lipinski definition) is 1. The average Bonchev–Trinajstić information content (AvgIpc) is 3.42. The Hall–Kier alpha value is -2.02. The number of nitrogens with one attached hydrogen (secondary N) is 1. The first-order valence-electron chi connectivity index (χ1n) is 9.08. The van der Waals surface area contributed by atoms with E-state index < -0.39 is 0 Å². The zero-order valence-electron chi connectivity index (χ0n) is 15.0. The fourth-order valence-electron chi connectivity index (χ4n) is 3.47. The van der Waals surface area contributed by atoms with E-state index in [1.165, 1.54) is 0 Å². The summed E-state index contributed by atoms with van der Waals surface area (Å²) in [6.07, 6.45) is 2.25. The maximum absolute atomic E-state index is 12.8. The summed E-state index contributed by atoms with van der Waals surface area (Å²) in [5, 5.41) is 7.26. The van der Waals surface area contributed by atoms with Gasteiger partial charge in [-0.3, -0.25) is 9.89 Å². The van der Waals surface area contributed by atoms with E-state index in [1.54, 1.807) is 11.9 Å². The van der Waals surface area contributed by atoms with Gasteiger partial charge < -0.3 is 14.5 Å². The fourth-order valence-corrected chi connectivity index (χ4v) is 4.14. The number of likely N-dealkylation sites (N-methyl/N-ethyl adjacent to an activating group) is 2. The molecule has 1 aliphatic heterocycles. The molecule has 6 nitrogen and oxygen atoms in total. The summed E-state index contributed by atoms with van der Waals surface area (Å²) in [4.78, 5) is 16.8. The Kier molecular flexibility index (Phi) is 4.65. The minimum absolute atomic E-state index is 0.0700. The highest BCUT2D eigenvalue weighted by Crippen LogP contribution is 2.43. The van der Waals surface area contributed by atoms with Crippen LogP contribution in [0.3, 0.4) is 0 Å². The summed E-state index contributed by atoms with van der Waals surface area (Å²) in [6.45, 7) is 4.32. The molecule has 2 heterocycles.